The van der Waals surface area contributed by atoms with Crippen molar-refractivity contribution < 1.29 is 18.3 Å². The zero-order valence-electron chi connectivity index (χ0n) is 16.5. The number of hydrogen-bond acceptors (Lipinski definition) is 3. The van der Waals surface area contributed by atoms with Gasteiger partial charge in [0.05, 0.1) is 5.56 Å². The number of carbonyl (C=O) groups excluding carboxylic acids is 1. The first-order chi connectivity index (χ1) is 14.5. The number of esters is 1. The van der Waals surface area contributed by atoms with Crippen LogP contribution >= 0.6 is 0 Å². The van der Waals surface area contributed by atoms with E-state index < -0.39 is 23.2 Å². The van der Waals surface area contributed by atoms with Gasteiger partial charge in [-0.1, -0.05) is 37.6 Å². The van der Waals surface area contributed by atoms with Crippen LogP contribution in [-0.4, -0.2) is 5.97 Å². The van der Waals surface area contributed by atoms with Gasteiger partial charge in [-0.15, -0.1) is 0 Å². The molecule has 1 aliphatic rings. The average molecular weight is 403 g/mol. The number of benzene rings is 3. The summed E-state index contributed by atoms with van der Waals surface area (Å²) in [5, 5.41) is 8.74. The fourth-order valence-electron chi connectivity index (χ4n) is 3.90. The molecule has 0 bridgehead atoms. The molecule has 30 heavy (non-hydrogen) atoms. The highest BCUT2D eigenvalue weighted by atomic mass is 19.1. The maximum Gasteiger partial charge on any atom is 0.343 e. The molecular weight excluding hydrogens is 384 g/mol. The molecule has 4 rings (SSSR count). The Kier molecular flexibility index (Phi) is 5.33. The molecule has 5 heteroatoms. The number of hydrogen-bond donors (Lipinski definition) is 0. The van der Waals surface area contributed by atoms with E-state index in [0.29, 0.717) is 5.56 Å². The maximum absolute atomic E-state index is 13.8. The minimum absolute atomic E-state index is 0.277. The summed E-state index contributed by atoms with van der Waals surface area (Å²) in [6.07, 6.45) is 3.86. The second-order valence-corrected chi connectivity index (χ2v) is 7.38. The number of rotatable bonds is 4. The Bertz CT molecular complexity index is 1170. The van der Waals surface area contributed by atoms with Crippen LogP contribution in [0.4, 0.5) is 8.78 Å². The first-order valence-corrected chi connectivity index (χ1v) is 9.86. The van der Waals surface area contributed by atoms with Gasteiger partial charge in [-0.2, -0.15) is 5.26 Å². The molecule has 3 aromatic carbocycles. The van der Waals surface area contributed by atoms with Gasteiger partial charge in [-0.3, -0.25) is 0 Å². The molecule has 0 aliphatic heterocycles. The van der Waals surface area contributed by atoms with Gasteiger partial charge in [0.15, 0.2) is 0 Å². The van der Waals surface area contributed by atoms with Crippen molar-refractivity contribution in [3.63, 3.8) is 0 Å². The molecule has 0 spiro atoms. The molecule has 0 fully saturated rings. The van der Waals surface area contributed by atoms with Crippen LogP contribution in [0.15, 0.2) is 48.5 Å². The van der Waals surface area contributed by atoms with Crippen molar-refractivity contribution in [2.45, 2.75) is 32.6 Å². The van der Waals surface area contributed by atoms with Crippen molar-refractivity contribution in [3.8, 4) is 22.9 Å². The molecule has 0 heterocycles. The molecule has 0 atom stereocenters. The van der Waals surface area contributed by atoms with E-state index in [2.05, 4.69) is 25.1 Å². The van der Waals surface area contributed by atoms with Gasteiger partial charge in [0.25, 0.3) is 0 Å². The number of fused-ring (bicyclic) bond motifs is 3. The molecule has 0 saturated heterocycles. The summed E-state index contributed by atoms with van der Waals surface area (Å²) < 4.78 is 32.6. The van der Waals surface area contributed by atoms with Crippen LogP contribution in [0.25, 0.3) is 11.1 Å². The maximum atomic E-state index is 13.8. The smallest absolute Gasteiger partial charge is 0.343 e. The van der Waals surface area contributed by atoms with Crippen molar-refractivity contribution in [3.05, 3.63) is 88.0 Å². The summed E-state index contributed by atoms with van der Waals surface area (Å²) in [5.41, 5.74) is 5.55. The lowest BCUT2D eigenvalue weighted by Crippen LogP contribution is -2.12. The molecule has 3 nitrogen and oxygen atoms in total. The van der Waals surface area contributed by atoms with Crippen molar-refractivity contribution >= 4 is 5.97 Å². The fraction of sp³-hybridized carbons (Fsp3) is 0.200. The molecule has 0 radical (unpaired) electrons. The van der Waals surface area contributed by atoms with Crippen LogP contribution in [0.2, 0.25) is 0 Å². The van der Waals surface area contributed by atoms with Gasteiger partial charge in [0.1, 0.15) is 29.0 Å². The summed E-state index contributed by atoms with van der Waals surface area (Å²) in [7, 11) is 0. The molecule has 150 valence electrons. The predicted octanol–water partition coefficient (Wildman–Crippen LogP) is 5.77. The molecular formula is C25H19F2NO2. The van der Waals surface area contributed by atoms with Gasteiger partial charge >= 0.3 is 5.97 Å². The number of nitriles is 1. The Labute approximate surface area is 173 Å². The van der Waals surface area contributed by atoms with Crippen LogP contribution in [-0.2, 0) is 19.3 Å². The van der Waals surface area contributed by atoms with Crippen molar-refractivity contribution in [2.24, 2.45) is 0 Å². The normalized spacial score (nSPS) is 11.9. The van der Waals surface area contributed by atoms with Crippen molar-refractivity contribution in [1.82, 2.24) is 0 Å². The zero-order chi connectivity index (χ0) is 21.3. The van der Waals surface area contributed by atoms with Gasteiger partial charge in [-0.25, -0.2) is 13.6 Å². The minimum atomic E-state index is -1.07. The summed E-state index contributed by atoms with van der Waals surface area (Å²) in [6, 6.07) is 15.0. The Balaban J connectivity index is 1.59. The lowest BCUT2D eigenvalue weighted by Gasteiger charge is -2.21. The quantitative estimate of drug-likeness (QED) is 0.410. The third-order valence-electron chi connectivity index (χ3n) is 5.34. The van der Waals surface area contributed by atoms with Gasteiger partial charge in [-0.05, 0) is 59.2 Å². The van der Waals surface area contributed by atoms with E-state index in [9.17, 15) is 13.6 Å². The number of nitrogens with zero attached hydrogens (tertiary/aromatic N) is 1. The Morgan fingerprint density at radius 1 is 1.00 bits per heavy atom. The molecule has 0 unspecified atom stereocenters. The standard InChI is InChI=1S/C25H19F2NO2/c1-2-3-15-4-8-20-16(10-15)5-6-17-11-18(7-9-21(17)20)25(29)30-19-12-23(26)22(14-28)24(27)13-19/h4,7-13H,2-3,5-6H2,1H3. The summed E-state index contributed by atoms with van der Waals surface area (Å²) in [5.74, 6) is -3.11. The van der Waals surface area contributed by atoms with E-state index in [-0.39, 0.29) is 5.75 Å². The minimum Gasteiger partial charge on any atom is -0.423 e. The SMILES string of the molecule is CCCc1ccc2c(c1)CCc1cc(C(=O)Oc3cc(F)c(C#N)c(F)c3)ccc1-2. The van der Waals surface area contributed by atoms with Crippen LogP contribution in [0, 0.1) is 23.0 Å². The topological polar surface area (TPSA) is 50.1 Å². The van der Waals surface area contributed by atoms with Gasteiger partial charge in [0.2, 0.25) is 0 Å². The number of ether oxygens (including phenoxy) is 1. The van der Waals surface area contributed by atoms with Gasteiger partial charge < -0.3 is 4.74 Å². The zero-order valence-corrected chi connectivity index (χ0v) is 16.5. The van der Waals surface area contributed by atoms with E-state index in [0.717, 1.165) is 48.9 Å². The van der Waals surface area contributed by atoms with Crippen LogP contribution < -0.4 is 4.74 Å². The second-order valence-electron chi connectivity index (χ2n) is 7.38. The largest absolute Gasteiger partial charge is 0.423 e. The lowest BCUT2D eigenvalue weighted by atomic mass is 9.83. The fourth-order valence-corrected chi connectivity index (χ4v) is 3.90. The second kappa shape index (κ2) is 8.08. The number of halogens is 2. The summed E-state index contributed by atoms with van der Waals surface area (Å²) in [6.45, 7) is 2.16. The van der Waals surface area contributed by atoms with E-state index >= 15 is 0 Å². The molecule has 1 aliphatic carbocycles. The van der Waals surface area contributed by atoms with E-state index in [1.165, 1.54) is 22.8 Å². The average Bonchev–Trinajstić information content (AvgIpc) is 2.73. The Hall–Kier alpha value is -3.52. The molecule has 0 saturated carbocycles. The van der Waals surface area contributed by atoms with Crippen molar-refractivity contribution in [1.29, 1.82) is 5.26 Å². The molecule has 0 amide bonds. The van der Waals surface area contributed by atoms with Crippen LogP contribution in [0.5, 0.6) is 5.75 Å². The summed E-state index contributed by atoms with van der Waals surface area (Å²) >= 11 is 0. The van der Waals surface area contributed by atoms with Crippen LogP contribution in [0.3, 0.4) is 0 Å². The lowest BCUT2D eigenvalue weighted by molar-refractivity contribution is 0.0734. The van der Waals surface area contributed by atoms with Gasteiger partial charge in [0, 0.05) is 12.1 Å². The number of carbonyl (C=O) groups is 1. The Morgan fingerprint density at radius 3 is 2.27 bits per heavy atom. The predicted molar refractivity (Wildman–Crippen MR) is 109 cm³/mol. The van der Waals surface area contributed by atoms with E-state index in [4.69, 9.17) is 10.00 Å². The third-order valence-corrected chi connectivity index (χ3v) is 5.34. The molecule has 3 aromatic rings. The highest BCUT2D eigenvalue weighted by Gasteiger charge is 2.20. The molecule has 0 aromatic heterocycles. The van der Waals surface area contributed by atoms with Crippen LogP contribution in [0.1, 0.15) is 46.0 Å². The number of aryl methyl sites for hydroxylation is 3. The van der Waals surface area contributed by atoms with E-state index in [1.807, 2.05) is 6.07 Å². The first kappa shape index (κ1) is 19.8. The third kappa shape index (κ3) is 3.69. The highest BCUT2D eigenvalue weighted by Crippen LogP contribution is 2.35. The van der Waals surface area contributed by atoms with E-state index in [1.54, 1.807) is 12.1 Å². The highest BCUT2D eigenvalue weighted by molar-refractivity contribution is 5.92. The monoisotopic (exact) mass is 403 g/mol. The first-order valence-electron chi connectivity index (χ1n) is 9.86. The van der Waals surface area contributed by atoms with Crippen molar-refractivity contribution in [2.75, 3.05) is 0 Å². The molecule has 0 N–H and O–H groups in total. The Morgan fingerprint density at radius 2 is 1.63 bits per heavy atom. The summed E-state index contributed by atoms with van der Waals surface area (Å²) in [4.78, 5) is 12.5.